The number of nitrogens with zero attached hydrogens (tertiary/aromatic N) is 1. The van der Waals surface area contributed by atoms with E-state index < -0.39 is 24.3 Å². The largest absolute Gasteiger partial charge is 0.292 e. The zero-order valence-electron chi connectivity index (χ0n) is 10.4. The van der Waals surface area contributed by atoms with Gasteiger partial charge >= 0.3 is 0 Å². The molecule has 0 aromatic heterocycles. The Labute approximate surface area is 99.5 Å². The number of rotatable bonds is 3. The molecular weight excluding hydrogens is 234 g/mol. The van der Waals surface area contributed by atoms with Crippen molar-refractivity contribution < 1.29 is 17.6 Å². The van der Waals surface area contributed by atoms with Crippen molar-refractivity contribution in [3.8, 4) is 0 Å². The lowest BCUT2D eigenvalue weighted by molar-refractivity contribution is -0.146. The summed E-state index contributed by atoms with van der Waals surface area (Å²) in [6.07, 6.45) is -1.15. The summed E-state index contributed by atoms with van der Waals surface area (Å²) in [5, 5.41) is 0. The number of alkyl halides is 4. The molecule has 1 rings (SSSR count). The van der Waals surface area contributed by atoms with Gasteiger partial charge in [-0.1, -0.05) is 6.58 Å². The maximum atomic E-state index is 13.9. The second kappa shape index (κ2) is 4.59. The molecule has 100 valence electrons. The number of piperidine rings is 1. The van der Waals surface area contributed by atoms with Gasteiger partial charge in [0, 0.05) is 25.4 Å². The van der Waals surface area contributed by atoms with Gasteiger partial charge in [0.1, 0.15) is 0 Å². The van der Waals surface area contributed by atoms with Crippen LogP contribution in [-0.4, -0.2) is 35.4 Å². The molecule has 1 saturated heterocycles. The van der Waals surface area contributed by atoms with E-state index in [4.69, 9.17) is 0 Å². The van der Waals surface area contributed by atoms with Crippen molar-refractivity contribution >= 4 is 0 Å². The summed E-state index contributed by atoms with van der Waals surface area (Å²) in [5.41, 5.74) is -0.356. The Balaban J connectivity index is 3.00. The van der Waals surface area contributed by atoms with E-state index in [2.05, 4.69) is 6.58 Å². The van der Waals surface area contributed by atoms with Gasteiger partial charge in [-0.25, -0.2) is 8.78 Å². The predicted octanol–water partition coefficient (Wildman–Crippen LogP) is 3.71. The number of hydrogen-bond acceptors (Lipinski definition) is 1. The first-order valence-corrected chi connectivity index (χ1v) is 5.75. The Kier molecular flexibility index (Phi) is 3.91. The Morgan fingerprint density at radius 1 is 1.41 bits per heavy atom. The second-order valence-corrected chi connectivity index (χ2v) is 5.06. The summed E-state index contributed by atoms with van der Waals surface area (Å²) < 4.78 is 54.4. The van der Waals surface area contributed by atoms with Crippen molar-refractivity contribution in [3.05, 3.63) is 12.2 Å². The number of halogens is 4. The van der Waals surface area contributed by atoms with E-state index >= 15 is 0 Å². The van der Waals surface area contributed by atoms with Crippen LogP contribution in [0.3, 0.4) is 0 Å². The van der Waals surface area contributed by atoms with Crippen molar-refractivity contribution in [2.75, 3.05) is 6.54 Å². The van der Waals surface area contributed by atoms with Crippen LogP contribution < -0.4 is 0 Å². The highest BCUT2D eigenvalue weighted by molar-refractivity contribution is 5.12. The molecule has 0 bridgehead atoms. The highest BCUT2D eigenvalue weighted by Gasteiger charge is 2.52. The van der Waals surface area contributed by atoms with Crippen molar-refractivity contribution in [2.45, 2.75) is 57.5 Å². The van der Waals surface area contributed by atoms with Gasteiger partial charge in [-0.3, -0.25) is 4.90 Å². The fraction of sp³-hybridized carbons (Fsp3) is 0.833. The van der Waals surface area contributed by atoms with Gasteiger partial charge in [0.05, 0.1) is 6.04 Å². The molecule has 5 heteroatoms. The van der Waals surface area contributed by atoms with Crippen LogP contribution >= 0.6 is 0 Å². The molecule has 0 aromatic carbocycles. The molecule has 0 N–H and O–H groups in total. The van der Waals surface area contributed by atoms with E-state index in [1.807, 2.05) is 0 Å². The quantitative estimate of drug-likeness (QED) is 0.547. The van der Waals surface area contributed by atoms with Crippen LogP contribution in [0.5, 0.6) is 0 Å². The van der Waals surface area contributed by atoms with Gasteiger partial charge in [-0.15, -0.1) is 0 Å². The van der Waals surface area contributed by atoms with Gasteiger partial charge in [-0.2, -0.15) is 8.78 Å². The molecule has 1 unspecified atom stereocenters. The average molecular weight is 253 g/mol. The molecule has 1 heterocycles. The Hall–Kier alpha value is -0.580. The first-order valence-electron chi connectivity index (χ1n) is 5.75. The Bertz CT molecular complexity index is 299. The van der Waals surface area contributed by atoms with Gasteiger partial charge in [0.25, 0.3) is 11.8 Å². The maximum Gasteiger partial charge on any atom is 0.284 e. The third-order valence-corrected chi connectivity index (χ3v) is 3.28. The third-order valence-electron chi connectivity index (χ3n) is 3.28. The zero-order valence-corrected chi connectivity index (χ0v) is 10.4. The van der Waals surface area contributed by atoms with E-state index in [1.54, 1.807) is 13.8 Å². The minimum atomic E-state index is -3.27. The molecule has 1 nitrogen and oxygen atoms in total. The molecule has 17 heavy (non-hydrogen) atoms. The van der Waals surface area contributed by atoms with Gasteiger partial charge < -0.3 is 0 Å². The van der Waals surface area contributed by atoms with Gasteiger partial charge in [-0.05, 0) is 26.3 Å². The van der Waals surface area contributed by atoms with Crippen LogP contribution in [0.4, 0.5) is 17.6 Å². The number of likely N-dealkylation sites (tertiary alicyclic amines) is 1. The van der Waals surface area contributed by atoms with Crippen LogP contribution in [0.1, 0.15) is 33.6 Å². The van der Waals surface area contributed by atoms with Crippen LogP contribution in [-0.2, 0) is 0 Å². The lowest BCUT2D eigenvalue weighted by Gasteiger charge is -2.45. The normalized spacial score (nSPS) is 26.2. The van der Waals surface area contributed by atoms with Crippen LogP contribution in [0.2, 0.25) is 0 Å². The summed E-state index contributed by atoms with van der Waals surface area (Å²) >= 11 is 0. The lowest BCUT2D eigenvalue weighted by atomic mass is 9.89. The zero-order chi connectivity index (χ0) is 13.4. The first kappa shape index (κ1) is 14.5. The molecule has 0 saturated carbocycles. The van der Waals surface area contributed by atoms with Crippen molar-refractivity contribution in [1.29, 1.82) is 0 Å². The predicted molar refractivity (Wildman–Crippen MR) is 59.6 cm³/mol. The molecule has 1 fully saturated rings. The van der Waals surface area contributed by atoms with Gasteiger partial charge in [0.15, 0.2) is 0 Å². The Morgan fingerprint density at radius 2 is 1.94 bits per heavy atom. The molecule has 1 atom stereocenters. The summed E-state index contributed by atoms with van der Waals surface area (Å²) in [6, 6.07) is -1.63. The fourth-order valence-corrected chi connectivity index (χ4v) is 2.19. The van der Waals surface area contributed by atoms with Crippen LogP contribution in [0.15, 0.2) is 12.2 Å². The second-order valence-electron chi connectivity index (χ2n) is 5.06. The molecule has 0 aromatic rings. The van der Waals surface area contributed by atoms with Crippen molar-refractivity contribution in [2.24, 2.45) is 0 Å². The maximum absolute atomic E-state index is 13.9. The average Bonchev–Trinajstić information content (AvgIpc) is 2.15. The summed E-state index contributed by atoms with van der Waals surface area (Å²) in [7, 11) is 0. The minimum Gasteiger partial charge on any atom is -0.292 e. The van der Waals surface area contributed by atoms with E-state index in [0.717, 1.165) is 0 Å². The summed E-state index contributed by atoms with van der Waals surface area (Å²) in [4.78, 5) is 1.45. The molecular formula is C12H19F4N. The molecule has 0 amide bonds. The SMILES string of the molecule is C=C(C)C(F)(F)C1CC(F)(F)CCN1C(C)C. The third kappa shape index (κ3) is 3.00. The molecule has 1 aliphatic heterocycles. The number of hydrogen-bond donors (Lipinski definition) is 0. The van der Waals surface area contributed by atoms with Gasteiger partial charge in [0.2, 0.25) is 0 Å². The fourth-order valence-electron chi connectivity index (χ4n) is 2.19. The van der Waals surface area contributed by atoms with E-state index in [0.29, 0.717) is 0 Å². The monoisotopic (exact) mass is 253 g/mol. The molecule has 0 radical (unpaired) electrons. The Morgan fingerprint density at radius 3 is 2.35 bits per heavy atom. The molecule has 0 aliphatic carbocycles. The summed E-state index contributed by atoms with van der Waals surface area (Å²) in [6.45, 7) is 7.89. The topological polar surface area (TPSA) is 3.24 Å². The minimum absolute atomic E-state index is 0.00178. The van der Waals surface area contributed by atoms with E-state index in [9.17, 15) is 17.6 Å². The van der Waals surface area contributed by atoms with Crippen molar-refractivity contribution in [1.82, 2.24) is 4.90 Å². The van der Waals surface area contributed by atoms with E-state index in [-0.39, 0.29) is 24.6 Å². The highest BCUT2D eigenvalue weighted by Crippen LogP contribution is 2.41. The smallest absolute Gasteiger partial charge is 0.284 e. The van der Waals surface area contributed by atoms with Crippen LogP contribution in [0, 0.1) is 0 Å². The van der Waals surface area contributed by atoms with E-state index in [1.165, 1.54) is 11.8 Å². The standard InChI is InChI=1S/C12H19F4N/c1-8(2)12(15,16)10-7-11(13,14)5-6-17(10)9(3)4/h9-10H,1,5-7H2,2-4H3. The summed E-state index contributed by atoms with van der Waals surface area (Å²) in [5.74, 6) is -6.27. The van der Waals surface area contributed by atoms with Crippen LogP contribution in [0.25, 0.3) is 0 Å². The highest BCUT2D eigenvalue weighted by atomic mass is 19.3. The lowest BCUT2D eigenvalue weighted by Crippen LogP contribution is -2.57. The molecule has 1 aliphatic rings. The van der Waals surface area contributed by atoms with Crippen molar-refractivity contribution in [3.63, 3.8) is 0 Å². The molecule has 0 spiro atoms. The first-order chi connectivity index (χ1) is 7.58.